The Morgan fingerprint density at radius 1 is 1.20 bits per heavy atom. The number of aromatic nitrogens is 2. The van der Waals surface area contributed by atoms with E-state index in [-0.39, 0.29) is 23.5 Å². The van der Waals surface area contributed by atoms with Crippen LogP contribution in [-0.4, -0.2) is 28.6 Å². The van der Waals surface area contributed by atoms with Gasteiger partial charge in [0.1, 0.15) is 5.01 Å². The third kappa shape index (κ3) is 3.16. The number of carbonyl (C=O) groups excluding carboxylic acids is 2. The van der Waals surface area contributed by atoms with E-state index in [9.17, 15) is 9.59 Å². The Morgan fingerprint density at radius 3 is 2.80 bits per heavy atom. The molecule has 0 aliphatic carbocycles. The highest BCUT2D eigenvalue weighted by atomic mass is 32.1. The maximum atomic E-state index is 12.3. The third-order valence-electron chi connectivity index (χ3n) is 3.95. The fraction of sp³-hybridized carbons (Fsp3) is 0.176. The molecule has 8 heteroatoms. The number of hydrogen-bond donors (Lipinski definition) is 1. The van der Waals surface area contributed by atoms with Crippen LogP contribution in [0.25, 0.3) is 0 Å². The van der Waals surface area contributed by atoms with Gasteiger partial charge in [0.05, 0.1) is 6.26 Å². The molecule has 4 rings (SSSR count). The fourth-order valence-electron chi connectivity index (χ4n) is 2.75. The molecular weight excluding hydrogens is 340 g/mol. The molecule has 1 aliphatic rings. The van der Waals surface area contributed by atoms with Gasteiger partial charge in [0.2, 0.25) is 11.0 Å². The van der Waals surface area contributed by atoms with Crippen LogP contribution in [-0.2, 0) is 4.79 Å². The molecule has 0 bridgehead atoms. The molecule has 0 radical (unpaired) electrons. The van der Waals surface area contributed by atoms with Gasteiger partial charge in [-0.2, -0.15) is 0 Å². The first-order valence-corrected chi connectivity index (χ1v) is 8.56. The molecule has 0 unspecified atom stereocenters. The van der Waals surface area contributed by atoms with E-state index in [1.807, 2.05) is 30.3 Å². The molecule has 126 valence electrons. The molecule has 1 atom stereocenters. The molecule has 3 heterocycles. The number of nitrogens with one attached hydrogen (secondary N) is 1. The molecule has 25 heavy (non-hydrogen) atoms. The minimum atomic E-state index is -0.374. The minimum absolute atomic E-state index is 0.0283. The first kappa shape index (κ1) is 15.5. The maximum Gasteiger partial charge on any atom is 0.293 e. The molecule has 1 fully saturated rings. The van der Waals surface area contributed by atoms with E-state index in [0.29, 0.717) is 18.1 Å². The van der Waals surface area contributed by atoms with Crippen molar-refractivity contribution >= 4 is 34.0 Å². The van der Waals surface area contributed by atoms with Gasteiger partial charge in [-0.25, -0.2) is 0 Å². The molecule has 1 aromatic carbocycles. The number of nitrogens with zero attached hydrogens (tertiary/aromatic N) is 3. The standard InChI is InChI=1S/C17H14N4O3S/c22-14-9-11(10-21(14)12-5-2-1-3-6-12)16-19-20-17(25-16)18-15(23)13-7-4-8-24-13/h1-8,11H,9-10H2,(H,18,20,23)/t11-/m1/s1. The summed E-state index contributed by atoms with van der Waals surface area (Å²) in [6.07, 6.45) is 1.82. The van der Waals surface area contributed by atoms with Gasteiger partial charge in [-0.3, -0.25) is 14.9 Å². The summed E-state index contributed by atoms with van der Waals surface area (Å²) in [5.74, 6) is -0.129. The third-order valence-corrected chi connectivity index (χ3v) is 4.95. The maximum absolute atomic E-state index is 12.3. The summed E-state index contributed by atoms with van der Waals surface area (Å²) >= 11 is 1.28. The fourth-order valence-corrected chi connectivity index (χ4v) is 3.58. The highest BCUT2D eigenvalue weighted by Crippen LogP contribution is 2.34. The van der Waals surface area contributed by atoms with Crippen LogP contribution < -0.4 is 10.2 Å². The van der Waals surface area contributed by atoms with E-state index in [1.165, 1.54) is 17.6 Å². The molecular formula is C17H14N4O3S. The predicted octanol–water partition coefficient (Wildman–Crippen LogP) is 2.90. The molecule has 3 aromatic rings. The highest BCUT2D eigenvalue weighted by molar-refractivity contribution is 7.15. The van der Waals surface area contributed by atoms with Gasteiger partial charge in [0.25, 0.3) is 5.91 Å². The summed E-state index contributed by atoms with van der Waals surface area (Å²) in [7, 11) is 0. The van der Waals surface area contributed by atoms with Crippen molar-refractivity contribution in [3.05, 3.63) is 59.5 Å². The van der Waals surface area contributed by atoms with Gasteiger partial charge in [-0.05, 0) is 24.3 Å². The van der Waals surface area contributed by atoms with Crippen molar-refractivity contribution < 1.29 is 14.0 Å². The lowest BCUT2D eigenvalue weighted by atomic mass is 10.1. The first-order chi connectivity index (χ1) is 12.2. The number of benzene rings is 1. The quantitative estimate of drug-likeness (QED) is 0.778. The van der Waals surface area contributed by atoms with E-state index < -0.39 is 0 Å². The van der Waals surface area contributed by atoms with E-state index in [1.54, 1.807) is 17.0 Å². The highest BCUT2D eigenvalue weighted by Gasteiger charge is 2.33. The van der Waals surface area contributed by atoms with Gasteiger partial charge in [0, 0.05) is 24.6 Å². The lowest BCUT2D eigenvalue weighted by Gasteiger charge is -2.15. The second-order valence-corrected chi connectivity index (χ2v) is 6.63. The van der Waals surface area contributed by atoms with Gasteiger partial charge in [0.15, 0.2) is 5.76 Å². The Hall–Kier alpha value is -3.00. The van der Waals surface area contributed by atoms with Crippen molar-refractivity contribution in [3.63, 3.8) is 0 Å². The molecule has 1 aliphatic heterocycles. The van der Waals surface area contributed by atoms with Crippen molar-refractivity contribution in [2.45, 2.75) is 12.3 Å². The minimum Gasteiger partial charge on any atom is -0.459 e. The number of hydrogen-bond acceptors (Lipinski definition) is 6. The zero-order chi connectivity index (χ0) is 17.2. The summed E-state index contributed by atoms with van der Waals surface area (Å²) in [6.45, 7) is 0.559. The largest absolute Gasteiger partial charge is 0.459 e. The van der Waals surface area contributed by atoms with Crippen molar-refractivity contribution in [2.75, 3.05) is 16.8 Å². The molecule has 7 nitrogen and oxygen atoms in total. The van der Waals surface area contributed by atoms with E-state index in [2.05, 4.69) is 15.5 Å². The number of para-hydroxylation sites is 1. The average Bonchev–Trinajstić information content (AvgIpc) is 3.36. The average molecular weight is 354 g/mol. The Kier molecular flexibility index (Phi) is 4.02. The zero-order valence-corrected chi connectivity index (χ0v) is 13.9. The molecule has 0 spiro atoms. The lowest BCUT2D eigenvalue weighted by molar-refractivity contribution is -0.117. The van der Waals surface area contributed by atoms with Crippen LogP contribution in [0.4, 0.5) is 10.8 Å². The van der Waals surface area contributed by atoms with Crippen LogP contribution in [0.3, 0.4) is 0 Å². The van der Waals surface area contributed by atoms with Crippen LogP contribution in [0.15, 0.2) is 53.1 Å². The Balaban J connectivity index is 1.46. The predicted molar refractivity (Wildman–Crippen MR) is 92.7 cm³/mol. The summed E-state index contributed by atoms with van der Waals surface area (Å²) in [5, 5.41) is 11.9. The topological polar surface area (TPSA) is 88.3 Å². The molecule has 2 aromatic heterocycles. The van der Waals surface area contributed by atoms with Crippen molar-refractivity contribution in [1.82, 2.24) is 10.2 Å². The van der Waals surface area contributed by atoms with Crippen molar-refractivity contribution in [1.29, 1.82) is 0 Å². The van der Waals surface area contributed by atoms with E-state index >= 15 is 0 Å². The Bertz CT molecular complexity index is 892. The Morgan fingerprint density at radius 2 is 2.04 bits per heavy atom. The summed E-state index contributed by atoms with van der Waals surface area (Å²) in [6, 6.07) is 12.8. The summed E-state index contributed by atoms with van der Waals surface area (Å²) in [5.41, 5.74) is 0.880. The van der Waals surface area contributed by atoms with Crippen LogP contribution in [0, 0.1) is 0 Å². The molecule has 0 saturated carbocycles. The number of anilines is 2. The number of rotatable bonds is 4. The summed E-state index contributed by atoms with van der Waals surface area (Å²) in [4.78, 5) is 26.0. The summed E-state index contributed by atoms with van der Waals surface area (Å²) < 4.78 is 5.04. The van der Waals surface area contributed by atoms with Crippen molar-refractivity contribution in [3.8, 4) is 0 Å². The van der Waals surface area contributed by atoms with Gasteiger partial charge < -0.3 is 9.32 Å². The molecule has 2 amide bonds. The zero-order valence-electron chi connectivity index (χ0n) is 13.1. The van der Waals surface area contributed by atoms with Gasteiger partial charge in [-0.1, -0.05) is 29.5 Å². The number of carbonyl (C=O) groups is 2. The second kappa shape index (κ2) is 6.48. The Labute approximate surface area is 147 Å². The first-order valence-electron chi connectivity index (χ1n) is 7.74. The SMILES string of the molecule is O=C(Nc1nnc([C@@H]2CC(=O)N(c3ccccc3)C2)s1)c1ccco1. The van der Waals surface area contributed by atoms with Crippen LogP contribution >= 0.6 is 11.3 Å². The smallest absolute Gasteiger partial charge is 0.293 e. The van der Waals surface area contributed by atoms with Gasteiger partial charge >= 0.3 is 0 Å². The van der Waals surface area contributed by atoms with Crippen LogP contribution in [0.5, 0.6) is 0 Å². The van der Waals surface area contributed by atoms with E-state index in [0.717, 1.165) is 10.7 Å². The number of furan rings is 1. The number of amides is 2. The monoisotopic (exact) mass is 354 g/mol. The van der Waals surface area contributed by atoms with Crippen LogP contribution in [0.1, 0.15) is 27.9 Å². The molecule has 1 N–H and O–H groups in total. The van der Waals surface area contributed by atoms with E-state index in [4.69, 9.17) is 4.42 Å². The normalized spacial score (nSPS) is 17.0. The van der Waals surface area contributed by atoms with Crippen LogP contribution in [0.2, 0.25) is 0 Å². The van der Waals surface area contributed by atoms with Crippen molar-refractivity contribution in [2.24, 2.45) is 0 Å². The molecule has 1 saturated heterocycles. The lowest BCUT2D eigenvalue weighted by Crippen LogP contribution is -2.24. The second-order valence-electron chi connectivity index (χ2n) is 5.62. The van der Waals surface area contributed by atoms with Gasteiger partial charge in [-0.15, -0.1) is 10.2 Å².